The molecule has 0 bridgehead atoms. The largest absolute Gasteiger partial charge is 0.444 e. The third kappa shape index (κ3) is 5.39. The van der Waals surface area contributed by atoms with Crippen LogP contribution in [0.3, 0.4) is 0 Å². The summed E-state index contributed by atoms with van der Waals surface area (Å²) in [7, 11) is 0. The van der Waals surface area contributed by atoms with E-state index >= 15 is 0 Å². The average molecular weight is 243 g/mol. The highest BCUT2D eigenvalue weighted by Gasteiger charge is 2.27. The Morgan fingerprint density at radius 2 is 1.94 bits per heavy atom. The number of carbonyl (C=O) groups excluding carboxylic acids is 1. The van der Waals surface area contributed by atoms with Crippen molar-refractivity contribution in [2.75, 3.05) is 19.6 Å². The smallest absolute Gasteiger partial charge is 0.410 e. The summed E-state index contributed by atoms with van der Waals surface area (Å²) in [6.07, 6.45) is 3.22. The van der Waals surface area contributed by atoms with E-state index in [4.69, 9.17) is 4.74 Å². The van der Waals surface area contributed by atoms with Gasteiger partial charge in [-0.3, -0.25) is 0 Å². The summed E-state index contributed by atoms with van der Waals surface area (Å²) in [5.41, 5.74) is -0.387. The first-order valence-electron chi connectivity index (χ1n) is 6.73. The Hall–Kier alpha value is -0.770. The Balaban J connectivity index is 2.29. The van der Waals surface area contributed by atoms with Crippen LogP contribution in [0.2, 0.25) is 0 Å². The van der Waals surface area contributed by atoms with Gasteiger partial charge in [0.05, 0.1) is 12.6 Å². The van der Waals surface area contributed by atoms with Crippen LogP contribution in [0.1, 0.15) is 47.0 Å². The molecule has 0 aromatic rings. The number of amides is 1. The number of hydrogen-bond acceptors (Lipinski definition) is 2. The molecule has 4 nitrogen and oxygen atoms in total. The molecule has 1 rings (SSSR count). The zero-order chi connectivity index (χ0) is 12.9. The maximum atomic E-state index is 11.8. The van der Waals surface area contributed by atoms with Gasteiger partial charge < -0.3 is 15.0 Å². The predicted octanol–water partition coefficient (Wildman–Crippen LogP) is 1.36. The second-order valence-electron chi connectivity index (χ2n) is 5.83. The van der Waals surface area contributed by atoms with Gasteiger partial charge in [-0.05, 0) is 27.2 Å². The lowest BCUT2D eigenvalue weighted by Crippen LogP contribution is -2.91. The van der Waals surface area contributed by atoms with E-state index in [2.05, 4.69) is 12.2 Å². The van der Waals surface area contributed by atoms with Crippen LogP contribution in [0, 0.1) is 0 Å². The van der Waals surface area contributed by atoms with Gasteiger partial charge in [-0.2, -0.15) is 0 Å². The number of rotatable bonds is 3. The lowest BCUT2D eigenvalue weighted by molar-refractivity contribution is -0.691. The van der Waals surface area contributed by atoms with Gasteiger partial charge in [0.1, 0.15) is 5.60 Å². The molecule has 0 atom stereocenters. The minimum atomic E-state index is -0.387. The fourth-order valence-corrected chi connectivity index (χ4v) is 2.05. The monoisotopic (exact) mass is 243 g/mol. The van der Waals surface area contributed by atoms with Crippen LogP contribution in [0.5, 0.6) is 0 Å². The van der Waals surface area contributed by atoms with E-state index in [0.717, 1.165) is 25.9 Å². The highest BCUT2D eigenvalue weighted by Crippen LogP contribution is 2.13. The van der Waals surface area contributed by atoms with Crippen molar-refractivity contribution < 1.29 is 14.8 Å². The molecule has 0 aromatic carbocycles. The molecule has 1 aliphatic rings. The van der Waals surface area contributed by atoms with Crippen molar-refractivity contribution in [3.05, 3.63) is 0 Å². The molecule has 1 fully saturated rings. The summed E-state index contributed by atoms with van der Waals surface area (Å²) in [5, 5.41) is 2.41. The number of carbonyl (C=O) groups is 1. The molecule has 17 heavy (non-hydrogen) atoms. The summed E-state index contributed by atoms with van der Waals surface area (Å²) >= 11 is 0. The van der Waals surface area contributed by atoms with Crippen molar-refractivity contribution in [3.63, 3.8) is 0 Å². The molecule has 2 N–H and O–H groups in total. The highest BCUT2D eigenvalue weighted by molar-refractivity contribution is 5.68. The number of nitrogens with zero attached hydrogens (tertiary/aromatic N) is 1. The zero-order valence-corrected chi connectivity index (χ0v) is 11.7. The molecule has 0 radical (unpaired) electrons. The van der Waals surface area contributed by atoms with Gasteiger partial charge in [-0.1, -0.05) is 6.92 Å². The van der Waals surface area contributed by atoms with E-state index in [-0.39, 0.29) is 11.7 Å². The summed E-state index contributed by atoms with van der Waals surface area (Å²) in [6, 6.07) is 0.689. The second-order valence-corrected chi connectivity index (χ2v) is 5.83. The first-order chi connectivity index (χ1) is 7.92. The van der Waals surface area contributed by atoms with Gasteiger partial charge in [0.2, 0.25) is 0 Å². The van der Waals surface area contributed by atoms with Gasteiger partial charge in [0, 0.05) is 25.9 Å². The van der Waals surface area contributed by atoms with Gasteiger partial charge >= 0.3 is 6.09 Å². The Morgan fingerprint density at radius 3 is 2.41 bits per heavy atom. The molecular weight excluding hydrogens is 216 g/mol. The van der Waals surface area contributed by atoms with Crippen molar-refractivity contribution in [1.82, 2.24) is 4.90 Å². The third-order valence-electron chi connectivity index (χ3n) is 2.98. The predicted molar refractivity (Wildman–Crippen MR) is 67.9 cm³/mol. The Bertz CT molecular complexity index is 240. The molecule has 0 aliphatic carbocycles. The van der Waals surface area contributed by atoms with Crippen molar-refractivity contribution >= 4 is 6.09 Å². The zero-order valence-electron chi connectivity index (χ0n) is 11.7. The lowest BCUT2D eigenvalue weighted by Gasteiger charge is -2.32. The van der Waals surface area contributed by atoms with Crippen LogP contribution in [0.4, 0.5) is 4.79 Å². The topological polar surface area (TPSA) is 46.2 Å². The SMILES string of the molecule is CCC[NH2+]C1CCN(C(=O)OC(C)(C)C)CC1. The minimum absolute atomic E-state index is 0.161. The van der Waals surface area contributed by atoms with Crippen molar-refractivity contribution in [2.45, 2.75) is 58.6 Å². The van der Waals surface area contributed by atoms with E-state index in [1.807, 2.05) is 25.7 Å². The summed E-state index contributed by atoms with van der Waals surface area (Å²) in [4.78, 5) is 13.7. The van der Waals surface area contributed by atoms with E-state index in [9.17, 15) is 4.79 Å². The fourth-order valence-electron chi connectivity index (χ4n) is 2.05. The normalized spacial score (nSPS) is 18.2. The maximum Gasteiger partial charge on any atom is 0.410 e. The first kappa shape index (κ1) is 14.3. The standard InChI is InChI=1S/C13H26N2O2/c1-5-8-14-11-6-9-15(10-7-11)12(16)17-13(2,3)4/h11,14H,5-10H2,1-4H3/p+1. The molecule has 1 aliphatic heterocycles. The highest BCUT2D eigenvalue weighted by atomic mass is 16.6. The number of nitrogens with two attached hydrogens (primary N) is 1. The lowest BCUT2D eigenvalue weighted by atomic mass is 10.1. The molecule has 1 amide bonds. The van der Waals surface area contributed by atoms with Crippen LogP contribution in [0.15, 0.2) is 0 Å². The molecule has 1 saturated heterocycles. The number of piperidine rings is 1. The fraction of sp³-hybridized carbons (Fsp3) is 0.923. The van der Waals surface area contributed by atoms with Crippen LogP contribution in [-0.2, 0) is 4.74 Å². The molecule has 1 heterocycles. The summed E-state index contributed by atoms with van der Waals surface area (Å²) in [6.45, 7) is 10.8. The van der Waals surface area contributed by atoms with Crippen molar-refractivity contribution in [1.29, 1.82) is 0 Å². The van der Waals surface area contributed by atoms with Gasteiger partial charge in [-0.15, -0.1) is 0 Å². The van der Waals surface area contributed by atoms with Gasteiger partial charge in [-0.25, -0.2) is 4.79 Å². The molecular formula is C13H27N2O2+. The Labute approximate surface area is 105 Å². The number of quaternary nitrogens is 1. The summed E-state index contributed by atoms with van der Waals surface area (Å²) < 4.78 is 5.37. The number of likely N-dealkylation sites (tertiary alicyclic amines) is 1. The summed E-state index contributed by atoms with van der Waals surface area (Å²) in [5.74, 6) is 0. The van der Waals surface area contributed by atoms with Gasteiger partial charge in [0.25, 0.3) is 0 Å². The Morgan fingerprint density at radius 1 is 1.35 bits per heavy atom. The number of ether oxygens (including phenoxy) is 1. The number of hydrogen-bond donors (Lipinski definition) is 1. The van der Waals surface area contributed by atoms with Gasteiger partial charge in [0.15, 0.2) is 0 Å². The first-order valence-corrected chi connectivity index (χ1v) is 6.73. The van der Waals surface area contributed by atoms with E-state index < -0.39 is 0 Å². The molecule has 100 valence electrons. The molecule has 0 unspecified atom stereocenters. The van der Waals surface area contributed by atoms with E-state index in [1.165, 1.54) is 13.0 Å². The molecule has 0 aromatic heterocycles. The minimum Gasteiger partial charge on any atom is -0.444 e. The second kappa shape index (κ2) is 6.24. The maximum absolute atomic E-state index is 11.8. The van der Waals surface area contributed by atoms with E-state index in [0.29, 0.717) is 6.04 Å². The molecule has 0 saturated carbocycles. The van der Waals surface area contributed by atoms with Crippen molar-refractivity contribution in [3.8, 4) is 0 Å². The van der Waals surface area contributed by atoms with Crippen LogP contribution in [-0.4, -0.2) is 42.3 Å². The van der Waals surface area contributed by atoms with Crippen LogP contribution >= 0.6 is 0 Å². The quantitative estimate of drug-likeness (QED) is 0.813. The van der Waals surface area contributed by atoms with Crippen molar-refractivity contribution in [2.24, 2.45) is 0 Å². The van der Waals surface area contributed by atoms with Crippen LogP contribution in [0.25, 0.3) is 0 Å². The van der Waals surface area contributed by atoms with Crippen LogP contribution < -0.4 is 5.32 Å². The third-order valence-corrected chi connectivity index (χ3v) is 2.98. The molecule has 0 spiro atoms. The Kier molecular flexibility index (Phi) is 5.25. The molecule has 4 heteroatoms. The van der Waals surface area contributed by atoms with E-state index in [1.54, 1.807) is 0 Å². The average Bonchev–Trinajstić information content (AvgIpc) is 2.24.